The lowest BCUT2D eigenvalue weighted by atomic mass is 10.1. The molecule has 160 valence electrons. The van der Waals surface area contributed by atoms with Crippen molar-refractivity contribution in [3.63, 3.8) is 0 Å². The van der Waals surface area contributed by atoms with Crippen molar-refractivity contribution in [2.75, 3.05) is 23.0 Å². The molecule has 3 aromatic carbocycles. The second kappa shape index (κ2) is 9.67. The Balaban J connectivity index is 1.68. The fraction of sp³-hybridized carbons (Fsp3) is 0.269. The predicted octanol–water partition coefficient (Wildman–Crippen LogP) is 5.83. The number of hydrazone groups is 1. The molecule has 5 nitrogen and oxygen atoms in total. The zero-order chi connectivity index (χ0) is 21.6. The second-order valence-electron chi connectivity index (χ2n) is 7.45. The molecule has 0 amide bonds. The second-order valence-corrected chi connectivity index (χ2v) is 7.45. The van der Waals surface area contributed by atoms with E-state index >= 15 is 0 Å². The first-order valence-electron chi connectivity index (χ1n) is 10.8. The zero-order valence-corrected chi connectivity index (χ0v) is 18.3. The molecule has 0 bridgehead atoms. The normalized spacial score (nSPS) is 17.5. The van der Waals surface area contributed by atoms with Crippen LogP contribution in [0.5, 0.6) is 5.75 Å². The van der Waals surface area contributed by atoms with E-state index in [1.165, 1.54) is 0 Å². The zero-order valence-electron chi connectivity index (χ0n) is 18.3. The van der Waals surface area contributed by atoms with E-state index in [9.17, 15) is 0 Å². The maximum absolute atomic E-state index is 6.13. The fourth-order valence-electron chi connectivity index (χ4n) is 3.47. The molecule has 31 heavy (non-hydrogen) atoms. The van der Waals surface area contributed by atoms with Gasteiger partial charge in [-0.15, -0.1) is 0 Å². The van der Waals surface area contributed by atoms with Crippen molar-refractivity contribution in [1.29, 1.82) is 0 Å². The third-order valence-corrected chi connectivity index (χ3v) is 5.34. The van der Waals surface area contributed by atoms with Crippen molar-refractivity contribution in [2.24, 2.45) is 5.10 Å². The Bertz CT molecular complexity index is 964. The first-order chi connectivity index (χ1) is 15.2. The first-order valence-corrected chi connectivity index (χ1v) is 10.8. The van der Waals surface area contributed by atoms with Crippen molar-refractivity contribution in [3.05, 3.63) is 84.4 Å². The number of hydrogen-bond acceptors (Lipinski definition) is 5. The van der Waals surface area contributed by atoms with Gasteiger partial charge in [0.1, 0.15) is 11.9 Å². The van der Waals surface area contributed by atoms with Gasteiger partial charge in [0, 0.05) is 30.4 Å². The highest BCUT2D eigenvalue weighted by molar-refractivity contribution is 5.86. The summed E-state index contributed by atoms with van der Waals surface area (Å²) in [5, 5.41) is 6.76. The number of nitrogens with zero attached hydrogens (tertiary/aromatic N) is 3. The van der Waals surface area contributed by atoms with Crippen LogP contribution in [0, 0.1) is 0 Å². The van der Waals surface area contributed by atoms with E-state index in [1.807, 2.05) is 78.8 Å². The van der Waals surface area contributed by atoms with E-state index < -0.39 is 0 Å². The van der Waals surface area contributed by atoms with Crippen molar-refractivity contribution in [1.82, 2.24) is 0 Å². The van der Waals surface area contributed by atoms with Crippen LogP contribution in [-0.2, 0) is 4.74 Å². The fourth-order valence-corrected chi connectivity index (χ4v) is 3.47. The molecule has 1 saturated heterocycles. The number of benzene rings is 3. The van der Waals surface area contributed by atoms with Gasteiger partial charge in [0.15, 0.2) is 0 Å². The van der Waals surface area contributed by atoms with E-state index in [-0.39, 0.29) is 12.4 Å². The average Bonchev–Trinajstić information content (AvgIpc) is 3.51. The molecule has 0 radical (unpaired) electrons. The van der Waals surface area contributed by atoms with E-state index in [0.717, 1.165) is 41.5 Å². The molecular weight excluding hydrogens is 386 g/mol. The Morgan fingerprint density at radius 2 is 1.45 bits per heavy atom. The number of hydrogen-bond donors (Lipinski definition) is 0. The molecule has 5 heteroatoms. The maximum atomic E-state index is 6.13. The lowest BCUT2D eigenvalue weighted by Gasteiger charge is -2.22. The molecule has 3 aromatic rings. The Labute approximate surface area is 184 Å². The van der Waals surface area contributed by atoms with Crippen LogP contribution >= 0.6 is 0 Å². The quantitative estimate of drug-likeness (QED) is 0.250. The summed E-state index contributed by atoms with van der Waals surface area (Å²) < 4.78 is 11.6. The largest absolute Gasteiger partial charge is 0.461 e. The number of ether oxygens (including phenoxy) is 2. The van der Waals surface area contributed by atoms with Crippen LogP contribution in [0.25, 0.3) is 0 Å². The van der Waals surface area contributed by atoms with E-state index in [1.54, 1.807) is 0 Å². The lowest BCUT2D eigenvalue weighted by Crippen LogP contribution is -2.22. The van der Waals surface area contributed by atoms with Gasteiger partial charge in [-0.05, 0) is 57.2 Å². The van der Waals surface area contributed by atoms with Gasteiger partial charge in [-0.2, -0.15) is 5.10 Å². The Hall–Kier alpha value is -3.31. The minimum atomic E-state index is -0.196. The Morgan fingerprint density at radius 3 is 1.97 bits per heavy atom. The van der Waals surface area contributed by atoms with Gasteiger partial charge in [0.05, 0.1) is 17.6 Å². The number of para-hydroxylation sites is 2. The van der Waals surface area contributed by atoms with Crippen LogP contribution in [-0.4, -0.2) is 31.7 Å². The minimum absolute atomic E-state index is 0.118. The van der Waals surface area contributed by atoms with Crippen LogP contribution in [0.15, 0.2) is 84.0 Å². The summed E-state index contributed by atoms with van der Waals surface area (Å²) in [6.45, 7) is 8.20. The third-order valence-electron chi connectivity index (χ3n) is 5.34. The monoisotopic (exact) mass is 415 g/mol. The van der Waals surface area contributed by atoms with Gasteiger partial charge in [-0.1, -0.05) is 36.4 Å². The van der Waals surface area contributed by atoms with E-state index in [0.29, 0.717) is 0 Å². The van der Waals surface area contributed by atoms with E-state index in [2.05, 4.69) is 36.9 Å². The van der Waals surface area contributed by atoms with Crippen LogP contribution in [0.4, 0.5) is 17.1 Å². The molecule has 0 aliphatic carbocycles. The molecule has 4 rings (SSSR count). The number of rotatable bonds is 9. The van der Waals surface area contributed by atoms with Gasteiger partial charge < -0.3 is 14.4 Å². The highest BCUT2D eigenvalue weighted by Gasteiger charge is 2.37. The van der Waals surface area contributed by atoms with Gasteiger partial charge in [0.25, 0.3) is 0 Å². The molecule has 1 aliphatic heterocycles. The maximum Gasteiger partial charge on any atom is 0.226 e. The van der Waals surface area contributed by atoms with Gasteiger partial charge in [-0.3, -0.25) is 0 Å². The molecular formula is C26H29N3O2. The first kappa shape index (κ1) is 20.9. The van der Waals surface area contributed by atoms with Crippen LogP contribution in [0.3, 0.4) is 0 Å². The molecule has 1 aliphatic rings. The summed E-state index contributed by atoms with van der Waals surface area (Å²) in [6.07, 6.45) is 1.78. The van der Waals surface area contributed by atoms with Crippen LogP contribution < -0.4 is 14.6 Å². The SMILES string of the molecule is CCN(CC)c1ccc(/C=N/N(c2ccccc2)c2ccccc2)c(OC2OC2C)c1. The molecule has 0 saturated carbocycles. The third kappa shape index (κ3) is 5.06. The lowest BCUT2D eigenvalue weighted by molar-refractivity contribution is 0.178. The molecule has 0 N–H and O–H groups in total. The predicted molar refractivity (Wildman–Crippen MR) is 128 cm³/mol. The molecule has 0 spiro atoms. The Morgan fingerprint density at radius 1 is 0.871 bits per heavy atom. The highest BCUT2D eigenvalue weighted by atomic mass is 16.8. The van der Waals surface area contributed by atoms with Crippen LogP contribution in [0.1, 0.15) is 26.3 Å². The average molecular weight is 416 g/mol. The van der Waals surface area contributed by atoms with Crippen molar-refractivity contribution >= 4 is 23.3 Å². The highest BCUT2D eigenvalue weighted by Crippen LogP contribution is 2.32. The van der Waals surface area contributed by atoms with Crippen LogP contribution in [0.2, 0.25) is 0 Å². The summed E-state index contributed by atoms with van der Waals surface area (Å²) >= 11 is 0. The summed E-state index contributed by atoms with van der Waals surface area (Å²) in [7, 11) is 0. The molecule has 0 aromatic heterocycles. The smallest absolute Gasteiger partial charge is 0.226 e. The Kier molecular flexibility index (Phi) is 6.53. The molecule has 2 atom stereocenters. The van der Waals surface area contributed by atoms with Gasteiger partial charge in [-0.25, -0.2) is 5.01 Å². The molecule has 1 heterocycles. The summed E-state index contributed by atoms with van der Waals surface area (Å²) in [6, 6.07) is 26.5. The van der Waals surface area contributed by atoms with Gasteiger partial charge >= 0.3 is 0 Å². The topological polar surface area (TPSA) is 40.6 Å². The van der Waals surface area contributed by atoms with Crippen molar-refractivity contribution in [3.8, 4) is 5.75 Å². The van der Waals surface area contributed by atoms with E-state index in [4.69, 9.17) is 14.6 Å². The summed E-state index contributed by atoms with van der Waals surface area (Å²) in [4.78, 5) is 2.30. The van der Waals surface area contributed by atoms with Crippen molar-refractivity contribution < 1.29 is 9.47 Å². The van der Waals surface area contributed by atoms with Crippen molar-refractivity contribution in [2.45, 2.75) is 33.2 Å². The summed E-state index contributed by atoms with van der Waals surface area (Å²) in [5.74, 6) is 0.781. The van der Waals surface area contributed by atoms with Gasteiger partial charge in [0.2, 0.25) is 6.29 Å². The standard InChI is InChI=1S/C26H29N3O2/c1-4-28(5-2)24-17-16-21(25(18-24)31-26-20(3)30-26)19-27-29(22-12-8-6-9-13-22)23-14-10-7-11-15-23/h6-20,26H,4-5H2,1-3H3/b27-19+. The summed E-state index contributed by atoms with van der Waals surface area (Å²) in [5.41, 5.74) is 4.03. The number of epoxide rings is 1. The molecule has 1 fully saturated rings. The minimum Gasteiger partial charge on any atom is -0.461 e. The molecule has 2 unspecified atom stereocenters. The number of anilines is 3.